The number of fused-ring (bicyclic) bond motifs is 2. The summed E-state index contributed by atoms with van der Waals surface area (Å²) < 4.78 is 2.13. The normalized spacial score (nSPS) is 16.2. The molecule has 0 radical (unpaired) electrons. The topological polar surface area (TPSA) is 62.2 Å². The van der Waals surface area contributed by atoms with Gasteiger partial charge in [-0.15, -0.1) is 0 Å². The number of benzene rings is 2. The minimum Gasteiger partial charge on any atom is -0.312 e. The fraction of sp³-hybridized carbons (Fsp3) is 0.391. The van der Waals surface area contributed by atoms with E-state index in [1.165, 1.54) is 5.56 Å². The van der Waals surface area contributed by atoms with Crippen LogP contribution < -0.4 is 10.6 Å². The summed E-state index contributed by atoms with van der Waals surface area (Å²) in [6.45, 7) is 9.52. The molecule has 0 fully saturated rings. The third-order valence-corrected chi connectivity index (χ3v) is 5.83. The molecule has 6 nitrogen and oxygen atoms in total. The van der Waals surface area contributed by atoms with Gasteiger partial charge in [0, 0.05) is 26.2 Å². The summed E-state index contributed by atoms with van der Waals surface area (Å²) in [4.78, 5) is 20.3. The summed E-state index contributed by atoms with van der Waals surface area (Å²) in [6.07, 6.45) is 0. The molecule has 4 rings (SSSR count). The Labute approximate surface area is 171 Å². The first-order valence-corrected chi connectivity index (χ1v) is 10.5. The number of aromatic nitrogens is 2. The number of nitrogens with one attached hydrogen (secondary N) is 2. The number of imidazole rings is 1. The smallest absolute Gasteiger partial charge is 0.235 e. The number of anilines is 1. The van der Waals surface area contributed by atoms with Crippen LogP contribution in [0.25, 0.3) is 11.0 Å². The minimum absolute atomic E-state index is 0.0101. The lowest BCUT2D eigenvalue weighted by Gasteiger charge is -2.25. The van der Waals surface area contributed by atoms with Gasteiger partial charge in [0.05, 0.1) is 17.0 Å². The van der Waals surface area contributed by atoms with Gasteiger partial charge in [0.1, 0.15) is 0 Å². The number of hydrogen-bond acceptors (Lipinski definition) is 4. The Kier molecular flexibility index (Phi) is 5.92. The molecule has 29 heavy (non-hydrogen) atoms. The van der Waals surface area contributed by atoms with E-state index in [1.807, 2.05) is 30.3 Å². The number of carbonyl (C=O) groups excluding carboxylic acids is 1. The molecule has 152 valence electrons. The number of para-hydroxylation sites is 2. The van der Waals surface area contributed by atoms with E-state index in [0.717, 1.165) is 49.3 Å². The zero-order valence-corrected chi connectivity index (χ0v) is 17.2. The standard InChI is InChI=1S/C23H29N5O/c1-3-27(4-2)13-14-28-21-12-8-7-11-20(21)25-23(28)26-22(29)19-16-24-15-17-9-5-6-10-18(17)19/h5-12,19,24H,3-4,13-16H2,1-2H3,(H,25,26,29). The molecule has 1 atom stereocenters. The summed E-state index contributed by atoms with van der Waals surface area (Å²) in [5.41, 5.74) is 4.25. The third-order valence-electron chi connectivity index (χ3n) is 5.83. The van der Waals surface area contributed by atoms with E-state index in [1.54, 1.807) is 0 Å². The SMILES string of the molecule is CCN(CC)CCn1c(NC(=O)C2CNCc3ccccc32)nc2ccccc21. The molecule has 3 aromatic rings. The van der Waals surface area contributed by atoms with Gasteiger partial charge in [-0.25, -0.2) is 4.98 Å². The first-order chi connectivity index (χ1) is 14.2. The minimum atomic E-state index is -0.212. The molecule has 6 heteroatoms. The molecule has 1 amide bonds. The quantitative estimate of drug-likeness (QED) is 0.649. The van der Waals surface area contributed by atoms with E-state index < -0.39 is 0 Å². The van der Waals surface area contributed by atoms with Gasteiger partial charge in [0.2, 0.25) is 11.9 Å². The van der Waals surface area contributed by atoms with Crippen LogP contribution in [0.2, 0.25) is 0 Å². The Hall–Kier alpha value is -2.70. The predicted octanol–water partition coefficient (Wildman–Crippen LogP) is 3.20. The van der Waals surface area contributed by atoms with Crippen molar-refractivity contribution in [1.29, 1.82) is 0 Å². The second-order valence-electron chi connectivity index (χ2n) is 7.47. The number of amides is 1. The molecule has 2 heterocycles. The van der Waals surface area contributed by atoms with E-state index in [0.29, 0.717) is 12.5 Å². The second-order valence-corrected chi connectivity index (χ2v) is 7.47. The Morgan fingerprint density at radius 2 is 1.93 bits per heavy atom. The highest BCUT2D eigenvalue weighted by Gasteiger charge is 2.27. The lowest BCUT2D eigenvalue weighted by Crippen LogP contribution is -2.36. The van der Waals surface area contributed by atoms with E-state index in [2.05, 4.69) is 52.1 Å². The van der Waals surface area contributed by atoms with Crippen LogP contribution in [0.15, 0.2) is 48.5 Å². The van der Waals surface area contributed by atoms with Crippen molar-refractivity contribution >= 4 is 22.9 Å². The summed E-state index contributed by atoms with van der Waals surface area (Å²) in [5.74, 6) is 0.409. The molecule has 1 unspecified atom stereocenters. The molecule has 1 aliphatic heterocycles. The molecule has 0 saturated carbocycles. The van der Waals surface area contributed by atoms with Crippen LogP contribution in [-0.4, -0.2) is 46.5 Å². The molecule has 1 aromatic heterocycles. The maximum absolute atomic E-state index is 13.2. The first-order valence-electron chi connectivity index (χ1n) is 10.5. The Bertz CT molecular complexity index is 992. The van der Waals surface area contributed by atoms with Gasteiger partial charge in [-0.05, 0) is 36.3 Å². The molecule has 2 aromatic carbocycles. The van der Waals surface area contributed by atoms with E-state index in [-0.39, 0.29) is 11.8 Å². The van der Waals surface area contributed by atoms with Gasteiger partial charge in [0.15, 0.2) is 0 Å². The number of likely N-dealkylation sites (N-methyl/N-ethyl adjacent to an activating group) is 1. The largest absolute Gasteiger partial charge is 0.312 e. The predicted molar refractivity (Wildman–Crippen MR) is 117 cm³/mol. The van der Waals surface area contributed by atoms with Gasteiger partial charge < -0.3 is 14.8 Å². The third kappa shape index (κ3) is 4.04. The van der Waals surface area contributed by atoms with E-state index >= 15 is 0 Å². The number of rotatable bonds is 7. The van der Waals surface area contributed by atoms with Crippen LogP contribution in [-0.2, 0) is 17.9 Å². The first kappa shape index (κ1) is 19.6. The van der Waals surface area contributed by atoms with Gasteiger partial charge in [-0.3, -0.25) is 10.1 Å². The molecule has 0 bridgehead atoms. The van der Waals surface area contributed by atoms with Crippen LogP contribution in [0.5, 0.6) is 0 Å². The average Bonchev–Trinajstić information content (AvgIpc) is 3.11. The fourth-order valence-electron chi connectivity index (χ4n) is 4.11. The Morgan fingerprint density at radius 3 is 2.76 bits per heavy atom. The fourth-order valence-corrected chi connectivity index (χ4v) is 4.11. The molecule has 1 aliphatic rings. The Balaban J connectivity index is 1.61. The van der Waals surface area contributed by atoms with E-state index in [9.17, 15) is 4.79 Å². The summed E-state index contributed by atoms with van der Waals surface area (Å²) >= 11 is 0. The molecule has 0 saturated heterocycles. The van der Waals surface area contributed by atoms with Crippen molar-refractivity contribution in [3.63, 3.8) is 0 Å². The van der Waals surface area contributed by atoms with Crippen molar-refractivity contribution in [3.8, 4) is 0 Å². The van der Waals surface area contributed by atoms with Gasteiger partial charge in [-0.2, -0.15) is 0 Å². The summed E-state index contributed by atoms with van der Waals surface area (Å²) in [5, 5.41) is 6.48. The highest BCUT2D eigenvalue weighted by atomic mass is 16.2. The van der Waals surface area contributed by atoms with Crippen molar-refractivity contribution in [2.45, 2.75) is 32.9 Å². The van der Waals surface area contributed by atoms with Crippen molar-refractivity contribution in [2.75, 3.05) is 31.5 Å². The molecular formula is C23H29N5O. The highest BCUT2D eigenvalue weighted by Crippen LogP contribution is 2.26. The van der Waals surface area contributed by atoms with E-state index in [4.69, 9.17) is 4.98 Å². The maximum Gasteiger partial charge on any atom is 0.235 e. The van der Waals surface area contributed by atoms with Crippen molar-refractivity contribution < 1.29 is 4.79 Å². The molecule has 0 spiro atoms. The zero-order valence-electron chi connectivity index (χ0n) is 17.2. The van der Waals surface area contributed by atoms with Crippen LogP contribution in [0.1, 0.15) is 30.9 Å². The summed E-state index contributed by atoms with van der Waals surface area (Å²) in [6, 6.07) is 16.2. The Morgan fingerprint density at radius 1 is 1.17 bits per heavy atom. The van der Waals surface area contributed by atoms with Crippen molar-refractivity contribution in [1.82, 2.24) is 19.8 Å². The number of hydrogen-bond donors (Lipinski definition) is 2. The lowest BCUT2D eigenvalue weighted by atomic mass is 9.90. The van der Waals surface area contributed by atoms with Crippen molar-refractivity contribution in [2.24, 2.45) is 0 Å². The van der Waals surface area contributed by atoms with Gasteiger partial charge in [-0.1, -0.05) is 50.2 Å². The lowest BCUT2D eigenvalue weighted by molar-refractivity contribution is -0.117. The monoisotopic (exact) mass is 391 g/mol. The number of nitrogens with zero attached hydrogens (tertiary/aromatic N) is 3. The molecule has 2 N–H and O–H groups in total. The van der Waals surface area contributed by atoms with Crippen LogP contribution in [0, 0.1) is 0 Å². The van der Waals surface area contributed by atoms with Gasteiger partial charge >= 0.3 is 0 Å². The highest BCUT2D eigenvalue weighted by molar-refractivity contribution is 5.96. The second kappa shape index (κ2) is 8.76. The molecule has 0 aliphatic carbocycles. The van der Waals surface area contributed by atoms with Crippen molar-refractivity contribution in [3.05, 3.63) is 59.7 Å². The van der Waals surface area contributed by atoms with Crippen LogP contribution >= 0.6 is 0 Å². The zero-order chi connectivity index (χ0) is 20.2. The van der Waals surface area contributed by atoms with Gasteiger partial charge in [0.25, 0.3) is 0 Å². The van der Waals surface area contributed by atoms with Crippen LogP contribution in [0.3, 0.4) is 0 Å². The average molecular weight is 392 g/mol. The van der Waals surface area contributed by atoms with Crippen LogP contribution in [0.4, 0.5) is 5.95 Å². The summed E-state index contributed by atoms with van der Waals surface area (Å²) in [7, 11) is 0. The maximum atomic E-state index is 13.2. The molecular weight excluding hydrogens is 362 g/mol. The number of carbonyl (C=O) groups is 1.